The highest BCUT2D eigenvalue weighted by atomic mass is 127. The summed E-state index contributed by atoms with van der Waals surface area (Å²) in [5.74, 6) is 0.533. The maximum absolute atomic E-state index is 12.0. The fraction of sp³-hybridized carbons (Fsp3) is 0.467. The molecular weight excluding hydrogens is 459 g/mol. The number of guanidine groups is 1. The number of carbonyl (C=O) groups is 1. The van der Waals surface area contributed by atoms with E-state index in [-0.39, 0.29) is 36.4 Å². The summed E-state index contributed by atoms with van der Waals surface area (Å²) in [4.78, 5) is 16.2. The Morgan fingerprint density at radius 2 is 2.00 bits per heavy atom. The van der Waals surface area contributed by atoms with Gasteiger partial charge in [0.1, 0.15) is 6.54 Å². The molecule has 1 aromatic carbocycles. The van der Waals surface area contributed by atoms with E-state index in [9.17, 15) is 4.79 Å². The Labute approximate surface area is 157 Å². The maximum Gasteiger partial charge on any atom is 0.246 e. The highest BCUT2D eigenvalue weighted by Crippen LogP contribution is 2.20. The Morgan fingerprint density at radius 3 is 2.64 bits per heavy atom. The third-order valence-corrected chi connectivity index (χ3v) is 3.23. The normalized spacial score (nSPS) is 10.6. The molecule has 0 saturated carbocycles. The molecule has 3 N–H and O–H groups in total. The van der Waals surface area contributed by atoms with Crippen LogP contribution in [0.15, 0.2) is 27.7 Å². The molecule has 0 unspecified atom stereocenters. The Kier molecular flexibility index (Phi) is 11.3. The van der Waals surface area contributed by atoms with Crippen molar-refractivity contribution in [3.05, 3.63) is 28.2 Å². The van der Waals surface area contributed by atoms with Crippen molar-refractivity contribution in [2.24, 2.45) is 4.99 Å². The van der Waals surface area contributed by atoms with Gasteiger partial charge in [-0.1, -0.05) is 28.9 Å². The first kappa shape index (κ1) is 21.2. The Hall–Kier alpha value is -0.830. The van der Waals surface area contributed by atoms with E-state index in [4.69, 9.17) is 0 Å². The standard InChI is InChI=1S/C15H23BrN4O.HI/c1-4-8-18-15(17-5-2)19-10-14(21)20-13-9-12(16)7-6-11(13)3;/h6-7,9H,4-5,8,10H2,1-3H3,(H,20,21)(H2,17,18,19);1H. The zero-order valence-corrected chi connectivity index (χ0v) is 17.1. The number of aliphatic imine (C=N–C) groups is 1. The fourth-order valence-corrected chi connectivity index (χ4v) is 2.02. The maximum atomic E-state index is 12.0. The van der Waals surface area contributed by atoms with Crippen LogP contribution < -0.4 is 16.0 Å². The summed E-state index contributed by atoms with van der Waals surface area (Å²) in [6.45, 7) is 7.72. The van der Waals surface area contributed by atoms with E-state index in [1.807, 2.05) is 32.0 Å². The number of amides is 1. The topological polar surface area (TPSA) is 65.5 Å². The monoisotopic (exact) mass is 482 g/mol. The van der Waals surface area contributed by atoms with Crippen LogP contribution in [0, 0.1) is 6.92 Å². The lowest BCUT2D eigenvalue weighted by molar-refractivity contribution is -0.114. The van der Waals surface area contributed by atoms with Crippen LogP contribution >= 0.6 is 39.9 Å². The summed E-state index contributed by atoms with van der Waals surface area (Å²) in [6.07, 6.45) is 1.01. The van der Waals surface area contributed by atoms with Crippen molar-refractivity contribution in [2.75, 3.05) is 25.0 Å². The Bertz CT molecular complexity index is 508. The molecule has 1 rings (SSSR count). The van der Waals surface area contributed by atoms with Crippen molar-refractivity contribution >= 4 is 57.5 Å². The third-order valence-electron chi connectivity index (χ3n) is 2.74. The van der Waals surface area contributed by atoms with E-state index in [1.165, 1.54) is 0 Å². The first-order valence-electron chi connectivity index (χ1n) is 7.15. The van der Waals surface area contributed by atoms with Gasteiger partial charge in [0.05, 0.1) is 0 Å². The number of hydrogen-bond acceptors (Lipinski definition) is 2. The van der Waals surface area contributed by atoms with Crippen LogP contribution in [-0.4, -0.2) is 31.5 Å². The summed E-state index contributed by atoms with van der Waals surface area (Å²) in [7, 11) is 0. The van der Waals surface area contributed by atoms with Gasteiger partial charge in [0.25, 0.3) is 0 Å². The number of carbonyl (C=O) groups excluding carboxylic acids is 1. The molecule has 0 aliphatic rings. The van der Waals surface area contributed by atoms with Crippen LogP contribution in [0.5, 0.6) is 0 Å². The molecular formula is C15H24BrIN4O. The summed E-state index contributed by atoms with van der Waals surface area (Å²) in [6, 6.07) is 5.79. The van der Waals surface area contributed by atoms with E-state index < -0.39 is 0 Å². The van der Waals surface area contributed by atoms with Gasteiger partial charge in [-0.2, -0.15) is 0 Å². The molecule has 7 heteroatoms. The molecule has 0 fully saturated rings. The number of hydrogen-bond donors (Lipinski definition) is 3. The van der Waals surface area contributed by atoms with Gasteiger partial charge in [-0.15, -0.1) is 24.0 Å². The van der Waals surface area contributed by atoms with Crippen molar-refractivity contribution in [1.82, 2.24) is 10.6 Å². The molecule has 1 aromatic rings. The molecule has 0 aromatic heterocycles. The quantitative estimate of drug-likeness (QED) is 0.331. The van der Waals surface area contributed by atoms with Crippen molar-refractivity contribution in [1.29, 1.82) is 0 Å². The molecule has 0 aliphatic carbocycles. The smallest absolute Gasteiger partial charge is 0.246 e. The van der Waals surface area contributed by atoms with Crippen LogP contribution in [-0.2, 0) is 4.79 Å². The van der Waals surface area contributed by atoms with E-state index in [2.05, 4.69) is 43.8 Å². The van der Waals surface area contributed by atoms with Crippen molar-refractivity contribution < 1.29 is 4.79 Å². The minimum Gasteiger partial charge on any atom is -0.357 e. The fourth-order valence-electron chi connectivity index (χ4n) is 1.65. The summed E-state index contributed by atoms with van der Waals surface area (Å²) in [5.41, 5.74) is 1.82. The zero-order valence-electron chi connectivity index (χ0n) is 13.2. The van der Waals surface area contributed by atoms with Gasteiger partial charge < -0.3 is 16.0 Å². The molecule has 0 radical (unpaired) electrons. The summed E-state index contributed by atoms with van der Waals surface area (Å²) < 4.78 is 0.935. The van der Waals surface area contributed by atoms with Crippen molar-refractivity contribution in [2.45, 2.75) is 27.2 Å². The van der Waals surface area contributed by atoms with E-state index in [0.717, 1.165) is 35.2 Å². The SMILES string of the molecule is CCCNC(=NCC(=O)Nc1cc(Br)ccc1C)NCC.I. The van der Waals surface area contributed by atoms with Gasteiger partial charge in [-0.05, 0) is 38.0 Å². The zero-order chi connectivity index (χ0) is 15.7. The third kappa shape index (κ3) is 7.98. The van der Waals surface area contributed by atoms with Gasteiger partial charge in [0.2, 0.25) is 5.91 Å². The molecule has 5 nitrogen and oxygen atoms in total. The van der Waals surface area contributed by atoms with E-state index in [1.54, 1.807) is 0 Å². The molecule has 0 saturated heterocycles. The predicted octanol–water partition coefficient (Wildman–Crippen LogP) is 3.28. The van der Waals surface area contributed by atoms with E-state index >= 15 is 0 Å². The van der Waals surface area contributed by atoms with Crippen LogP contribution in [0.3, 0.4) is 0 Å². The lowest BCUT2D eigenvalue weighted by Gasteiger charge is -2.11. The van der Waals surface area contributed by atoms with Crippen LogP contribution in [0.25, 0.3) is 0 Å². The lowest BCUT2D eigenvalue weighted by atomic mass is 10.2. The van der Waals surface area contributed by atoms with Gasteiger partial charge in [0, 0.05) is 23.2 Å². The summed E-state index contributed by atoms with van der Waals surface area (Å²) in [5, 5.41) is 9.14. The van der Waals surface area contributed by atoms with Crippen LogP contribution in [0.2, 0.25) is 0 Å². The molecule has 22 heavy (non-hydrogen) atoms. The molecule has 0 atom stereocenters. The second-order valence-electron chi connectivity index (χ2n) is 4.63. The summed E-state index contributed by atoms with van der Waals surface area (Å²) >= 11 is 3.40. The lowest BCUT2D eigenvalue weighted by Crippen LogP contribution is -2.38. The van der Waals surface area contributed by atoms with Gasteiger partial charge in [0.15, 0.2) is 5.96 Å². The molecule has 1 amide bonds. The van der Waals surface area contributed by atoms with Crippen LogP contribution in [0.1, 0.15) is 25.8 Å². The number of nitrogens with one attached hydrogen (secondary N) is 3. The number of benzene rings is 1. The number of anilines is 1. The number of halogens is 2. The van der Waals surface area contributed by atoms with Crippen molar-refractivity contribution in [3.8, 4) is 0 Å². The van der Waals surface area contributed by atoms with Gasteiger partial charge in [-0.25, -0.2) is 4.99 Å². The first-order chi connectivity index (χ1) is 10.1. The van der Waals surface area contributed by atoms with Gasteiger partial charge in [-0.3, -0.25) is 4.79 Å². The Balaban J connectivity index is 0.00000441. The highest BCUT2D eigenvalue weighted by Gasteiger charge is 2.05. The molecule has 0 bridgehead atoms. The highest BCUT2D eigenvalue weighted by molar-refractivity contribution is 14.0. The molecule has 0 heterocycles. The Morgan fingerprint density at radius 1 is 1.27 bits per heavy atom. The van der Waals surface area contributed by atoms with Gasteiger partial charge >= 0.3 is 0 Å². The number of rotatable bonds is 6. The molecule has 0 spiro atoms. The molecule has 0 aliphatic heterocycles. The first-order valence-corrected chi connectivity index (χ1v) is 7.94. The van der Waals surface area contributed by atoms with Crippen LogP contribution in [0.4, 0.5) is 5.69 Å². The largest absolute Gasteiger partial charge is 0.357 e. The second-order valence-corrected chi connectivity index (χ2v) is 5.55. The van der Waals surface area contributed by atoms with E-state index in [0.29, 0.717) is 5.96 Å². The average molecular weight is 483 g/mol. The number of aryl methyl sites for hydroxylation is 1. The minimum atomic E-state index is -0.134. The second kappa shape index (κ2) is 11.7. The minimum absolute atomic E-state index is 0. The predicted molar refractivity (Wildman–Crippen MR) is 107 cm³/mol. The van der Waals surface area contributed by atoms with Crippen molar-refractivity contribution in [3.63, 3.8) is 0 Å². The number of nitrogens with zero attached hydrogens (tertiary/aromatic N) is 1. The molecule has 124 valence electrons. The average Bonchev–Trinajstić information content (AvgIpc) is 2.46.